The van der Waals surface area contributed by atoms with Crippen LogP contribution in [0.5, 0.6) is 0 Å². The maximum atomic E-state index is 11.9. The molecule has 0 saturated heterocycles. The van der Waals surface area contributed by atoms with Gasteiger partial charge in [0.1, 0.15) is 5.02 Å². The third-order valence-electron chi connectivity index (χ3n) is 3.10. The minimum atomic E-state index is -0.628. The number of hydrogen-bond acceptors (Lipinski definition) is 4. The summed E-state index contributed by atoms with van der Waals surface area (Å²) in [5, 5.41) is 13.3. The van der Waals surface area contributed by atoms with E-state index in [-0.39, 0.29) is 35.0 Å². The zero-order chi connectivity index (χ0) is 16.8. The number of nitrogens with one attached hydrogen (secondary N) is 1. The molecule has 0 atom stereocenters. The molecule has 23 heavy (non-hydrogen) atoms. The lowest BCUT2D eigenvalue weighted by Gasteiger charge is -2.05. The normalized spacial score (nSPS) is 10.1. The summed E-state index contributed by atoms with van der Waals surface area (Å²) in [7, 11) is 0. The molecular weight excluding hydrogens is 320 g/mol. The number of ketones is 1. The fourth-order valence-electron chi connectivity index (χ4n) is 1.95. The van der Waals surface area contributed by atoms with Gasteiger partial charge in [-0.15, -0.1) is 0 Å². The molecule has 0 aliphatic rings. The third-order valence-corrected chi connectivity index (χ3v) is 3.42. The second-order valence-electron chi connectivity index (χ2n) is 4.76. The molecule has 0 fully saturated rings. The summed E-state index contributed by atoms with van der Waals surface area (Å²) in [6, 6.07) is 12.7. The van der Waals surface area contributed by atoms with Crippen molar-refractivity contribution < 1.29 is 14.5 Å². The molecule has 0 aliphatic carbocycles. The van der Waals surface area contributed by atoms with Gasteiger partial charge in [0, 0.05) is 30.2 Å². The molecule has 0 radical (unpaired) electrons. The Morgan fingerprint density at radius 2 is 1.78 bits per heavy atom. The van der Waals surface area contributed by atoms with E-state index in [2.05, 4.69) is 5.32 Å². The molecule has 0 unspecified atom stereocenters. The first-order valence-corrected chi connectivity index (χ1v) is 7.17. The molecule has 1 amide bonds. The number of nitro benzene ring substituents is 1. The lowest BCUT2D eigenvalue weighted by atomic mass is 10.1. The number of nitro groups is 1. The monoisotopic (exact) mass is 332 g/mol. The average Bonchev–Trinajstić information content (AvgIpc) is 2.55. The van der Waals surface area contributed by atoms with Crippen LogP contribution in [0.4, 0.5) is 11.4 Å². The van der Waals surface area contributed by atoms with Crippen LogP contribution >= 0.6 is 11.6 Å². The highest BCUT2D eigenvalue weighted by Gasteiger charge is 2.14. The largest absolute Gasteiger partial charge is 0.326 e. The van der Waals surface area contributed by atoms with E-state index in [4.69, 9.17) is 11.6 Å². The Morgan fingerprint density at radius 1 is 1.09 bits per heavy atom. The van der Waals surface area contributed by atoms with E-state index >= 15 is 0 Å². The van der Waals surface area contributed by atoms with Crippen LogP contribution in [-0.2, 0) is 4.79 Å². The number of halogens is 1. The van der Waals surface area contributed by atoms with Gasteiger partial charge in [-0.1, -0.05) is 41.9 Å². The maximum Gasteiger partial charge on any atom is 0.289 e. The second-order valence-corrected chi connectivity index (χ2v) is 5.17. The van der Waals surface area contributed by atoms with Crippen LogP contribution in [0.25, 0.3) is 0 Å². The molecule has 7 heteroatoms. The van der Waals surface area contributed by atoms with E-state index in [0.29, 0.717) is 5.56 Å². The van der Waals surface area contributed by atoms with E-state index < -0.39 is 10.8 Å². The highest BCUT2D eigenvalue weighted by molar-refractivity contribution is 6.32. The van der Waals surface area contributed by atoms with E-state index in [1.165, 1.54) is 18.2 Å². The molecule has 2 rings (SSSR count). The van der Waals surface area contributed by atoms with Gasteiger partial charge in [-0.05, 0) is 12.1 Å². The summed E-state index contributed by atoms with van der Waals surface area (Å²) in [6.07, 6.45) is 0.0513. The lowest BCUT2D eigenvalue weighted by Crippen LogP contribution is -2.13. The molecule has 2 aromatic rings. The summed E-state index contributed by atoms with van der Waals surface area (Å²) in [5.41, 5.74) is 0.519. The lowest BCUT2D eigenvalue weighted by molar-refractivity contribution is -0.384. The maximum absolute atomic E-state index is 11.9. The molecule has 0 saturated carbocycles. The smallest absolute Gasteiger partial charge is 0.289 e. The number of nitrogens with zero attached hydrogens (tertiary/aromatic N) is 1. The van der Waals surface area contributed by atoms with E-state index in [1.807, 2.05) is 0 Å². The van der Waals surface area contributed by atoms with Gasteiger partial charge in [0.2, 0.25) is 5.91 Å². The van der Waals surface area contributed by atoms with Gasteiger partial charge >= 0.3 is 0 Å². The predicted molar refractivity (Wildman–Crippen MR) is 86.7 cm³/mol. The minimum Gasteiger partial charge on any atom is -0.326 e. The summed E-state index contributed by atoms with van der Waals surface area (Å²) in [5.74, 6) is -0.534. The zero-order valence-electron chi connectivity index (χ0n) is 12.0. The Morgan fingerprint density at radius 3 is 2.43 bits per heavy atom. The van der Waals surface area contributed by atoms with Crippen molar-refractivity contribution >= 4 is 34.7 Å². The molecule has 6 nitrogen and oxygen atoms in total. The van der Waals surface area contributed by atoms with Crippen LogP contribution in [0.3, 0.4) is 0 Å². The molecule has 0 spiro atoms. The van der Waals surface area contributed by atoms with Crippen LogP contribution in [0.15, 0.2) is 48.5 Å². The number of rotatable bonds is 6. The van der Waals surface area contributed by atoms with Gasteiger partial charge in [0.15, 0.2) is 5.78 Å². The van der Waals surface area contributed by atoms with Gasteiger partial charge in [-0.25, -0.2) is 0 Å². The van der Waals surface area contributed by atoms with Gasteiger partial charge < -0.3 is 5.32 Å². The Bertz CT molecular complexity index is 747. The van der Waals surface area contributed by atoms with Gasteiger partial charge in [0.05, 0.1) is 4.92 Å². The fourth-order valence-corrected chi connectivity index (χ4v) is 2.14. The Balaban J connectivity index is 1.94. The van der Waals surface area contributed by atoms with Crippen molar-refractivity contribution in [2.24, 2.45) is 0 Å². The van der Waals surface area contributed by atoms with E-state index in [0.717, 1.165) is 0 Å². The number of benzene rings is 2. The number of anilines is 1. The summed E-state index contributed by atoms with van der Waals surface area (Å²) < 4.78 is 0. The second kappa shape index (κ2) is 7.51. The SMILES string of the molecule is O=C(CCC(=O)c1ccccc1)Nc1ccc(Cl)c([N+](=O)[O-])c1. The zero-order valence-corrected chi connectivity index (χ0v) is 12.7. The first-order chi connectivity index (χ1) is 11.0. The third kappa shape index (κ3) is 4.62. The van der Waals surface area contributed by atoms with Crippen molar-refractivity contribution in [2.45, 2.75) is 12.8 Å². The predicted octanol–water partition coefficient (Wildman–Crippen LogP) is 3.85. The van der Waals surface area contributed by atoms with Crippen molar-refractivity contribution in [3.05, 3.63) is 69.2 Å². The summed E-state index contributed by atoms with van der Waals surface area (Å²) in [6.45, 7) is 0. The summed E-state index contributed by atoms with van der Waals surface area (Å²) in [4.78, 5) is 33.9. The van der Waals surface area contributed by atoms with Crippen molar-refractivity contribution in [3.8, 4) is 0 Å². The van der Waals surface area contributed by atoms with Crippen LogP contribution < -0.4 is 5.32 Å². The number of Topliss-reactive ketones (excluding diaryl/α,β-unsaturated/α-hetero) is 1. The molecule has 0 aromatic heterocycles. The average molecular weight is 333 g/mol. The first kappa shape index (κ1) is 16.6. The molecule has 0 aliphatic heterocycles. The molecule has 118 valence electrons. The van der Waals surface area contributed by atoms with Crippen LogP contribution in [-0.4, -0.2) is 16.6 Å². The number of carbonyl (C=O) groups is 2. The van der Waals surface area contributed by atoms with Crippen LogP contribution in [0.1, 0.15) is 23.2 Å². The molecule has 1 N–H and O–H groups in total. The molecule has 0 bridgehead atoms. The number of hydrogen-bond donors (Lipinski definition) is 1. The van der Waals surface area contributed by atoms with Gasteiger partial charge in [-0.3, -0.25) is 19.7 Å². The topological polar surface area (TPSA) is 89.3 Å². The molecule has 2 aromatic carbocycles. The number of carbonyl (C=O) groups excluding carboxylic acids is 2. The van der Waals surface area contributed by atoms with Crippen LogP contribution in [0, 0.1) is 10.1 Å². The fraction of sp³-hybridized carbons (Fsp3) is 0.125. The van der Waals surface area contributed by atoms with Crippen molar-refractivity contribution in [1.82, 2.24) is 0 Å². The first-order valence-electron chi connectivity index (χ1n) is 6.79. The van der Waals surface area contributed by atoms with Crippen LogP contribution in [0.2, 0.25) is 5.02 Å². The van der Waals surface area contributed by atoms with Crippen molar-refractivity contribution in [2.75, 3.05) is 5.32 Å². The Hall–Kier alpha value is -2.73. The van der Waals surface area contributed by atoms with Gasteiger partial charge in [-0.2, -0.15) is 0 Å². The summed E-state index contributed by atoms with van der Waals surface area (Å²) >= 11 is 5.70. The van der Waals surface area contributed by atoms with Crippen molar-refractivity contribution in [3.63, 3.8) is 0 Å². The highest BCUT2D eigenvalue weighted by Crippen LogP contribution is 2.27. The highest BCUT2D eigenvalue weighted by atomic mass is 35.5. The molecule has 0 heterocycles. The van der Waals surface area contributed by atoms with Gasteiger partial charge in [0.25, 0.3) is 5.69 Å². The van der Waals surface area contributed by atoms with Crippen molar-refractivity contribution in [1.29, 1.82) is 0 Å². The van der Waals surface area contributed by atoms with E-state index in [9.17, 15) is 19.7 Å². The molecular formula is C16H13ClN2O4. The Kier molecular flexibility index (Phi) is 5.43. The Labute approximate surface area is 137 Å². The van der Waals surface area contributed by atoms with E-state index in [1.54, 1.807) is 30.3 Å². The standard InChI is InChI=1S/C16H13ClN2O4/c17-13-7-6-12(10-14(13)19(22)23)18-16(21)9-8-15(20)11-4-2-1-3-5-11/h1-7,10H,8-9H2,(H,18,21). The minimum absolute atomic E-state index is 0.00717. The number of amides is 1. The quantitative estimate of drug-likeness (QED) is 0.494.